The lowest BCUT2D eigenvalue weighted by Gasteiger charge is -2.23. The maximum absolute atomic E-state index is 13.0. The summed E-state index contributed by atoms with van der Waals surface area (Å²) in [5.74, 6) is -0.179. The molecular weight excluding hydrogens is 372 g/mol. The largest absolute Gasteiger partial charge is 0.307 e. The highest BCUT2D eigenvalue weighted by Gasteiger charge is 2.19. The Morgan fingerprint density at radius 1 is 0.857 bits per heavy atom. The Morgan fingerprint density at radius 2 is 1.43 bits per heavy atom. The number of amides is 1. The van der Waals surface area contributed by atoms with E-state index in [1.807, 2.05) is 43.3 Å². The maximum atomic E-state index is 13.0. The smallest absolute Gasteiger partial charge is 0.258 e. The molecule has 1 N–H and O–H groups in total. The van der Waals surface area contributed by atoms with Gasteiger partial charge in [0, 0.05) is 24.3 Å². The summed E-state index contributed by atoms with van der Waals surface area (Å²) in [6.07, 6.45) is 0. The molecule has 0 atom stereocenters. The van der Waals surface area contributed by atoms with E-state index in [1.165, 1.54) is 0 Å². The van der Waals surface area contributed by atoms with E-state index in [-0.39, 0.29) is 23.9 Å². The van der Waals surface area contributed by atoms with Crippen molar-refractivity contribution in [2.24, 2.45) is 0 Å². The van der Waals surface area contributed by atoms with Gasteiger partial charge in [0.05, 0.1) is 4.90 Å². The lowest BCUT2D eigenvalue weighted by Crippen LogP contribution is -2.38. The maximum Gasteiger partial charge on any atom is 0.258 e. The van der Waals surface area contributed by atoms with Crippen LogP contribution in [0.5, 0.6) is 0 Å². The van der Waals surface area contributed by atoms with E-state index < -0.39 is 10.0 Å². The summed E-state index contributed by atoms with van der Waals surface area (Å²) in [7, 11) is -3.63. The molecule has 3 rings (SSSR count). The number of carbonyl (C=O) groups excluding carboxylic acids is 1. The molecule has 0 saturated carbocycles. The van der Waals surface area contributed by atoms with Crippen LogP contribution in [0.1, 0.15) is 15.9 Å². The molecule has 0 aliphatic carbocycles. The molecule has 0 saturated heterocycles. The number of hydrogen-bond donors (Lipinski definition) is 1. The van der Waals surface area contributed by atoms with Gasteiger partial charge in [0.1, 0.15) is 0 Å². The normalized spacial score (nSPS) is 11.2. The second kappa shape index (κ2) is 8.82. The Labute approximate surface area is 165 Å². The van der Waals surface area contributed by atoms with Crippen LogP contribution >= 0.6 is 0 Å². The monoisotopic (exact) mass is 394 g/mol. The molecule has 0 aromatic heterocycles. The van der Waals surface area contributed by atoms with Gasteiger partial charge >= 0.3 is 0 Å². The zero-order valence-electron chi connectivity index (χ0n) is 15.6. The van der Waals surface area contributed by atoms with Crippen LogP contribution in [0, 0.1) is 6.92 Å². The number of benzene rings is 3. The first-order valence-corrected chi connectivity index (χ1v) is 10.4. The number of aryl methyl sites for hydroxylation is 1. The highest BCUT2D eigenvalue weighted by molar-refractivity contribution is 7.89. The summed E-state index contributed by atoms with van der Waals surface area (Å²) in [6.45, 7) is 2.21. The van der Waals surface area contributed by atoms with Gasteiger partial charge < -0.3 is 4.90 Å². The first-order valence-electron chi connectivity index (χ1n) is 8.96. The molecule has 0 radical (unpaired) electrons. The van der Waals surface area contributed by atoms with Crippen molar-refractivity contribution in [3.05, 3.63) is 96.1 Å². The molecule has 0 aliphatic heterocycles. The standard InChI is InChI=1S/C22H22N2O3S/c1-18-12-14-21(15-13-18)28(26,27)23-16-17-24(20-10-6-3-7-11-20)22(25)19-8-4-2-5-9-19/h2-15,23H,16-17H2,1H3. The minimum atomic E-state index is -3.63. The highest BCUT2D eigenvalue weighted by Crippen LogP contribution is 2.17. The van der Waals surface area contributed by atoms with Crippen molar-refractivity contribution in [2.75, 3.05) is 18.0 Å². The summed E-state index contributed by atoms with van der Waals surface area (Å²) in [6, 6.07) is 24.8. The minimum Gasteiger partial charge on any atom is -0.307 e. The van der Waals surface area contributed by atoms with Crippen LogP contribution in [0.4, 0.5) is 5.69 Å². The summed E-state index contributed by atoms with van der Waals surface area (Å²) in [5, 5.41) is 0. The topological polar surface area (TPSA) is 66.5 Å². The van der Waals surface area contributed by atoms with Gasteiger partial charge in [-0.05, 0) is 43.3 Å². The average molecular weight is 394 g/mol. The molecule has 3 aromatic carbocycles. The van der Waals surface area contributed by atoms with Gasteiger partial charge in [0.25, 0.3) is 5.91 Å². The Hall–Kier alpha value is -2.96. The molecule has 0 spiro atoms. The molecule has 28 heavy (non-hydrogen) atoms. The van der Waals surface area contributed by atoms with Crippen LogP contribution in [0.15, 0.2) is 89.8 Å². The van der Waals surface area contributed by atoms with E-state index in [9.17, 15) is 13.2 Å². The minimum absolute atomic E-state index is 0.101. The second-order valence-corrected chi connectivity index (χ2v) is 8.14. The van der Waals surface area contributed by atoms with E-state index >= 15 is 0 Å². The van der Waals surface area contributed by atoms with Crippen molar-refractivity contribution in [3.8, 4) is 0 Å². The van der Waals surface area contributed by atoms with E-state index in [4.69, 9.17) is 0 Å². The fourth-order valence-corrected chi connectivity index (χ4v) is 3.81. The van der Waals surface area contributed by atoms with Crippen LogP contribution in [-0.2, 0) is 10.0 Å². The number of rotatable bonds is 7. The molecule has 0 bridgehead atoms. The lowest BCUT2D eigenvalue weighted by atomic mass is 10.2. The van der Waals surface area contributed by atoms with Crippen molar-refractivity contribution >= 4 is 21.6 Å². The molecule has 1 amide bonds. The summed E-state index contributed by atoms with van der Waals surface area (Å²) < 4.78 is 27.6. The van der Waals surface area contributed by atoms with Crippen LogP contribution in [0.2, 0.25) is 0 Å². The van der Waals surface area contributed by atoms with Crippen LogP contribution in [0.3, 0.4) is 0 Å². The van der Waals surface area contributed by atoms with E-state index in [1.54, 1.807) is 53.4 Å². The molecule has 144 valence electrons. The quantitative estimate of drug-likeness (QED) is 0.666. The van der Waals surface area contributed by atoms with Gasteiger partial charge in [-0.15, -0.1) is 0 Å². The van der Waals surface area contributed by atoms with E-state index in [2.05, 4.69) is 4.72 Å². The number of nitrogens with zero attached hydrogens (tertiary/aromatic N) is 1. The van der Waals surface area contributed by atoms with Gasteiger partial charge in [0.15, 0.2) is 0 Å². The second-order valence-electron chi connectivity index (χ2n) is 6.37. The van der Waals surface area contributed by atoms with Crippen molar-refractivity contribution in [1.82, 2.24) is 4.72 Å². The summed E-state index contributed by atoms with van der Waals surface area (Å²) in [5.41, 5.74) is 2.25. The zero-order valence-corrected chi connectivity index (χ0v) is 16.4. The van der Waals surface area contributed by atoms with Crippen LogP contribution < -0.4 is 9.62 Å². The van der Waals surface area contributed by atoms with E-state index in [0.717, 1.165) is 5.56 Å². The highest BCUT2D eigenvalue weighted by atomic mass is 32.2. The van der Waals surface area contributed by atoms with Crippen LogP contribution in [-0.4, -0.2) is 27.4 Å². The predicted octanol–water partition coefficient (Wildman–Crippen LogP) is 3.62. The van der Waals surface area contributed by atoms with Gasteiger partial charge in [-0.25, -0.2) is 13.1 Å². The Morgan fingerprint density at radius 3 is 2.04 bits per heavy atom. The molecule has 0 aliphatic rings. The number of sulfonamides is 1. The lowest BCUT2D eigenvalue weighted by molar-refractivity contribution is 0.0987. The molecule has 6 heteroatoms. The average Bonchev–Trinajstić information content (AvgIpc) is 2.72. The van der Waals surface area contributed by atoms with Gasteiger partial charge in [-0.3, -0.25) is 4.79 Å². The van der Waals surface area contributed by atoms with Gasteiger partial charge in [-0.2, -0.15) is 0 Å². The number of nitrogens with one attached hydrogen (secondary N) is 1. The van der Waals surface area contributed by atoms with E-state index in [0.29, 0.717) is 11.3 Å². The zero-order chi connectivity index (χ0) is 20.0. The first-order chi connectivity index (χ1) is 13.5. The SMILES string of the molecule is Cc1ccc(S(=O)(=O)NCCN(C(=O)c2ccccc2)c2ccccc2)cc1. The summed E-state index contributed by atoms with van der Waals surface area (Å²) >= 11 is 0. The number of hydrogen-bond acceptors (Lipinski definition) is 3. The fourth-order valence-electron chi connectivity index (χ4n) is 2.78. The molecule has 0 unspecified atom stereocenters. The molecule has 5 nitrogen and oxygen atoms in total. The number of para-hydroxylation sites is 1. The first kappa shape index (κ1) is 19.8. The van der Waals surface area contributed by atoms with Crippen molar-refractivity contribution < 1.29 is 13.2 Å². The third-order valence-corrected chi connectivity index (χ3v) is 5.77. The van der Waals surface area contributed by atoms with Crippen molar-refractivity contribution in [1.29, 1.82) is 0 Å². The third kappa shape index (κ3) is 4.85. The molecule has 3 aromatic rings. The number of anilines is 1. The Bertz CT molecular complexity index is 1020. The van der Waals surface area contributed by atoms with Crippen LogP contribution in [0.25, 0.3) is 0 Å². The predicted molar refractivity (Wildman–Crippen MR) is 111 cm³/mol. The molecule has 0 fully saturated rings. The Balaban J connectivity index is 1.75. The van der Waals surface area contributed by atoms with Gasteiger partial charge in [0.2, 0.25) is 10.0 Å². The van der Waals surface area contributed by atoms with Crippen molar-refractivity contribution in [2.45, 2.75) is 11.8 Å². The van der Waals surface area contributed by atoms with Crippen molar-refractivity contribution in [3.63, 3.8) is 0 Å². The fraction of sp³-hybridized carbons (Fsp3) is 0.136. The third-order valence-electron chi connectivity index (χ3n) is 4.29. The van der Waals surface area contributed by atoms with Gasteiger partial charge in [-0.1, -0.05) is 54.1 Å². The number of carbonyl (C=O) groups is 1. The summed E-state index contributed by atoms with van der Waals surface area (Å²) in [4.78, 5) is 14.7. The Kier molecular flexibility index (Phi) is 6.23. The molecule has 0 heterocycles. The molecular formula is C22H22N2O3S.